The van der Waals surface area contributed by atoms with Crippen LogP contribution in [0.3, 0.4) is 0 Å². The summed E-state index contributed by atoms with van der Waals surface area (Å²) in [6, 6.07) is 12.0. The zero-order chi connectivity index (χ0) is 17.7. The molecule has 5 nitrogen and oxygen atoms in total. The maximum absolute atomic E-state index is 12.6. The van der Waals surface area contributed by atoms with Crippen molar-refractivity contribution in [1.29, 1.82) is 0 Å². The van der Waals surface area contributed by atoms with E-state index in [1.807, 2.05) is 31.2 Å². The van der Waals surface area contributed by atoms with Crippen molar-refractivity contribution in [3.05, 3.63) is 52.5 Å². The molecule has 1 N–H and O–H groups in total. The highest BCUT2D eigenvalue weighted by Gasteiger charge is 2.22. The fraction of sp³-hybridized carbons (Fsp3) is 0.294. The first-order valence-electron chi connectivity index (χ1n) is 7.38. The molecule has 0 amide bonds. The number of aryl methyl sites for hydroxylation is 1. The first-order valence-corrected chi connectivity index (χ1v) is 9.65. The standard InChI is InChI=1S/C17H20BrNO4S/c1-12-6-4-5-7-15(12)23-11-13(2)19-24(20,21)17-10-14(18)8-9-16(17)22-3/h4-10,13,19H,11H2,1-3H3/t13-/m1/s1. The topological polar surface area (TPSA) is 64.6 Å². The molecule has 7 heteroatoms. The summed E-state index contributed by atoms with van der Waals surface area (Å²) in [6.07, 6.45) is 0. The molecule has 0 bridgehead atoms. The number of nitrogens with one attached hydrogen (secondary N) is 1. The van der Waals surface area contributed by atoms with Crippen LogP contribution in [0.4, 0.5) is 0 Å². The van der Waals surface area contributed by atoms with Gasteiger partial charge in [0.15, 0.2) is 0 Å². The van der Waals surface area contributed by atoms with Crippen LogP contribution >= 0.6 is 15.9 Å². The van der Waals surface area contributed by atoms with Crippen molar-refractivity contribution in [3.63, 3.8) is 0 Å². The van der Waals surface area contributed by atoms with Gasteiger partial charge in [-0.3, -0.25) is 0 Å². The molecule has 0 saturated carbocycles. The first kappa shape index (κ1) is 18.8. The first-order chi connectivity index (χ1) is 11.3. The van der Waals surface area contributed by atoms with Gasteiger partial charge in [-0.15, -0.1) is 0 Å². The van der Waals surface area contributed by atoms with E-state index in [4.69, 9.17) is 9.47 Å². The molecule has 24 heavy (non-hydrogen) atoms. The number of methoxy groups -OCH3 is 1. The monoisotopic (exact) mass is 413 g/mol. The highest BCUT2D eigenvalue weighted by atomic mass is 79.9. The second kappa shape index (κ2) is 8.00. The predicted molar refractivity (Wildman–Crippen MR) is 97.2 cm³/mol. The van der Waals surface area contributed by atoms with Crippen molar-refractivity contribution >= 4 is 26.0 Å². The van der Waals surface area contributed by atoms with Gasteiger partial charge in [-0.05, 0) is 43.7 Å². The van der Waals surface area contributed by atoms with Crippen molar-refractivity contribution in [2.75, 3.05) is 13.7 Å². The third kappa shape index (κ3) is 4.72. The van der Waals surface area contributed by atoms with Crippen LogP contribution in [0.25, 0.3) is 0 Å². The average molecular weight is 414 g/mol. The minimum atomic E-state index is -3.72. The summed E-state index contributed by atoms with van der Waals surface area (Å²) in [5.74, 6) is 1.03. The van der Waals surface area contributed by atoms with Gasteiger partial charge in [0, 0.05) is 4.47 Å². The SMILES string of the molecule is COc1ccc(Br)cc1S(=O)(=O)N[C@H](C)COc1ccccc1C. The molecular weight excluding hydrogens is 394 g/mol. The van der Waals surface area contributed by atoms with Gasteiger partial charge in [0.05, 0.1) is 13.2 Å². The van der Waals surface area contributed by atoms with Crippen LogP contribution in [0.15, 0.2) is 51.8 Å². The lowest BCUT2D eigenvalue weighted by molar-refractivity contribution is 0.285. The highest BCUT2D eigenvalue weighted by molar-refractivity contribution is 9.10. The Labute approximate surface area is 151 Å². The Morgan fingerprint density at radius 1 is 1.17 bits per heavy atom. The van der Waals surface area contributed by atoms with E-state index in [1.165, 1.54) is 13.2 Å². The largest absolute Gasteiger partial charge is 0.495 e. The van der Waals surface area contributed by atoms with Crippen LogP contribution < -0.4 is 14.2 Å². The maximum Gasteiger partial charge on any atom is 0.244 e. The lowest BCUT2D eigenvalue weighted by atomic mass is 10.2. The molecule has 1 atom stereocenters. The van der Waals surface area contributed by atoms with Crippen LogP contribution in [0, 0.1) is 6.92 Å². The Hall–Kier alpha value is -1.57. The van der Waals surface area contributed by atoms with Gasteiger partial charge in [0.2, 0.25) is 10.0 Å². The maximum atomic E-state index is 12.6. The third-order valence-corrected chi connectivity index (χ3v) is 5.46. The second-order valence-corrected chi connectivity index (χ2v) is 7.99. The number of halogens is 1. The van der Waals surface area contributed by atoms with Gasteiger partial charge in [0.25, 0.3) is 0 Å². The molecule has 0 saturated heterocycles. The molecule has 0 spiro atoms. The van der Waals surface area contributed by atoms with Crippen LogP contribution in [0.1, 0.15) is 12.5 Å². The van der Waals surface area contributed by atoms with E-state index in [-0.39, 0.29) is 17.3 Å². The zero-order valence-corrected chi connectivity index (χ0v) is 16.1. The Balaban J connectivity index is 2.09. The van der Waals surface area contributed by atoms with E-state index in [0.717, 1.165) is 11.3 Å². The van der Waals surface area contributed by atoms with Crippen molar-refractivity contribution < 1.29 is 17.9 Å². The summed E-state index contributed by atoms with van der Waals surface area (Å²) in [4.78, 5) is 0.0853. The summed E-state index contributed by atoms with van der Waals surface area (Å²) in [5, 5.41) is 0. The Morgan fingerprint density at radius 3 is 2.54 bits per heavy atom. The van der Waals surface area contributed by atoms with E-state index >= 15 is 0 Å². The molecule has 0 aliphatic carbocycles. The molecule has 0 heterocycles. The van der Waals surface area contributed by atoms with E-state index in [9.17, 15) is 8.42 Å². The lowest BCUT2D eigenvalue weighted by Gasteiger charge is -2.17. The Bertz CT molecular complexity index is 808. The number of rotatable bonds is 7. The summed E-state index contributed by atoms with van der Waals surface area (Å²) in [5.41, 5.74) is 1.00. The quantitative estimate of drug-likeness (QED) is 0.753. The molecule has 0 unspecified atom stereocenters. The number of ether oxygens (including phenoxy) is 2. The molecule has 2 aromatic rings. The lowest BCUT2D eigenvalue weighted by Crippen LogP contribution is -2.37. The van der Waals surface area contributed by atoms with Gasteiger partial charge in [-0.1, -0.05) is 34.1 Å². The number of para-hydroxylation sites is 1. The van der Waals surface area contributed by atoms with Crippen LogP contribution in [-0.2, 0) is 10.0 Å². The van der Waals surface area contributed by atoms with Gasteiger partial charge in [0.1, 0.15) is 23.0 Å². The van der Waals surface area contributed by atoms with E-state index in [2.05, 4.69) is 20.7 Å². The van der Waals surface area contributed by atoms with Crippen molar-refractivity contribution in [2.45, 2.75) is 24.8 Å². The summed E-state index contributed by atoms with van der Waals surface area (Å²) >= 11 is 3.28. The number of hydrogen-bond donors (Lipinski definition) is 1. The van der Waals surface area contributed by atoms with Crippen molar-refractivity contribution in [1.82, 2.24) is 4.72 Å². The van der Waals surface area contributed by atoms with E-state index in [0.29, 0.717) is 4.47 Å². The number of sulfonamides is 1. The molecule has 0 radical (unpaired) electrons. The average Bonchev–Trinajstić information content (AvgIpc) is 2.53. The molecule has 130 valence electrons. The summed E-state index contributed by atoms with van der Waals surface area (Å²) in [7, 11) is -2.29. The molecule has 0 aliphatic heterocycles. The molecular formula is C17H20BrNO4S. The second-order valence-electron chi connectivity index (χ2n) is 5.39. The predicted octanol–water partition coefficient (Wildman–Crippen LogP) is 3.51. The zero-order valence-electron chi connectivity index (χ0n) is 13.7. The number of benzene rings is 2. The van der Waals surface area contributed by atoms with Crippen LogP contribution in [0.5, 0.6) is 11.5 Å². The van der Waals surface area contributed by atoms with Gasteiger partial charge in [-0.2, -0.15) is 0 Å². The number of hydrogen-bond acceptors (Lipinski definition) is 4. The normalized spacial score (nSPS) is 12.7. The Kier molecular flexibility index (Phi) is 6.26. The van der Waals surface area contributed by atoms with Crippen molar-refractivity contribution in [3.8, 4) is 11.5 Å². The molecule has 0 fully saturated rings. The smallest absolute Gasteiger partial charge is 0.244 e. The molecule has 2 aromatic carbocycles. The van der Waals surface area contributed by atoms with Crippen LogP contribution in [0.2, 0.25) is 0 Å². The minimum absolute atomic E-state index is 0.0853. The van der Waals surface area contributed by atoms with Crippen molar-refractivity contribution in [2.24, 2.45) is 0 Å². The minimum Gasteiger partial charge on any atom is -0.495 e. The Morgan fingerprint density at radius 2 is 1.88 bits per heavy atom. The highest BCUT2D eigenvalue weighted by Crippen LogP contribution is 2.27. The van der Waals surface area contributed by atoms with Crippen LogP contribution in [-0.4, -0.2) is 28.2 Å². The summed E-state index contributed by atoms with van der Waals surface area (Å²) < 4.78 is 39.3. The molecule has 2 rings (SSSR count). The van der Waals surface area contributed by atoms with E-state index < -0.39 is 16.1 Å². The van der Waals surface area contributed by atoms with E-state index in [1.54, 1.807) is 19.1 Å². The van der Waals surface area contributed by atoms with Gasteiger partial charge < -0.3 is 9.47 Å². The molecule has 0 aliphatic rings. The fourth-order valence-electron chi connectivity index (χ4n) is 2.16. The van der Waals surface area contributed by atoms with Gasteiger partial charge >= 0.3 is 0 Å². The van der Waals surface area contributed by atoms with Gasteiger partial charge in [-0.25, -0.2) is 13.1 Å². The summed E-state index contributed by atoms with van der Waals surface area (Å²) in [6.45, 7) is 3.91. The third-order valence-electron chi connectivity index (χ3n) is 3.35. The molecule has 0 aromatic heterocycles. The fourth-order valence-corrected chi connectivity index (χ4v) is 4.09.